The van der Waals surface area contributed by atoms with Crippen LogP contribution in [0.3, 0.4) is 0 Å². The normalized spacial score (nSPS) is 12.1. The molecule has 0 aliphatic rings. The summed E-state index contributed by atoms with van der Waals surface area (Å²) < 4.78 is 0. The zero-order valence-electron chi connectivity index (χ0n) is 11.8. The van der Waals surface area contributed by atoms with E-state index in [9.17, 15) is 4.79 Å². The maximum absolute atomic E-state index is 11.9. The lowest BCUT2D eigenvalue weighted by Gasteiger charge is -2.22. The van der Waals surface area contributed by atoms with Crippen molar-refractivity contribution in [1.29, 1.82) is 0 Å². The molecule has 1 aromatic rings. The van der Waals surface area contributed by atoms with E-state index in [1.54, 1.807) is 0 Å². The van der Waals surface area contributed by atoms with Gasteiger partial charge in [-0.3, -0.25) is 4.79 Å². The van der Waals surface area contributed by atoms with Crippen molar-refractivity contribution in [1.82, 2.24) is 5.32 Å². The molecular weight excluding hydrogens is 226 g/mol. The van der Waals surface area contributed by atoms with Crippen LogP contribution in [-0.2, 0) is 4.79 Å². The maximum atomic E-state index is 11.9. The molecule has 1 unspecified atom stereocenters. The Balaban J connectivity index is 2.75. The van der Waals surface area contributed by atoms with Crippen molar-refractivity contribution in [3.63, 3.8) is 0 Å². The molecule has 100 valence electrons. The highest BCUT2D eigenvalue weighted by Gasteiger charge is 2.14. The number of amides is 1. The Morgan fingerprint density at radius 1 is 1.17 bits per heavy atom. The van der Waals surface area contributed by atoms with E-state index >= 15 is 0 Å². The first-order valence-electron chi connectivity index (χ1n) is 6.25. The Hall–Kier alpha value is -1.71. The van der Waals surface area contributed by atoms with E-state index in [-0.39, 0.29) is 18.0 Å². The molecule has 4 heteroatoms. The summed E-state index contributed by atoms with van der Waals surface area (Å²) in [6, 6.07) is 7.85. The number of nitrogens with one attached hydrogen (secondary N) is 2. The molecule has 0 saturated carbocycles. The number of anilines is 2. The summed E-state index contributed by atoms with van der Waals surface area (Å²) in [6.07, 6.45) is 0. The summed E-state index contributed by atoms with van der Waals surface area (Å²) in [7, 11) is 3.97. The Bertz CT molecular complexity index is 402. The van der Waals surface area contributed by atoms with Gasteiger partial charge in [-0.1, -0.05) is 12.1 Å². The summed E-state index contributed by atoms with van der Waals surface area (Å²) in [4.78, 5) is 13.9. The molecular formula is C14H23N3O. The molecule has 0 saturated heterocycles. The standard InChI is InChI=1S/C14H23N3O/c1-10(2)15-14(18)11(3)16-12-8-6-7-9-13(12)17(4)5/h6-11,16H,1-5H3,(H,15,18). The first-order chi connectivity index (χ1) is 8.41. The topological polar surface area (TPSA) is 44.4 Å². The summed E-state index contributed by atoms with van der Waals surface area (Å²) >= 11 is 0. The van der Waals surface area contributed by atoms with E-state index in [1.807, 2.05) is 64.0 Å². The summed E-state index contributed by atoms with van der Waals surface area (Å²) in [5.74, 6) is 0.0126. The minimum atomic E-state index is -0.256. The van der Waals surface area contributed by atoms with Crippen molar-refractivity contribution in [2.24, 2.45) is 0 Å². The van der Waals surface area contributed by atoms with Gasteiger partial charge in [0.1, 0.15) is 6.04 Å². The molecule has 0 aliphatic heterocycles. The van der Waals surface area contributed by atoms with Gasteiger partial charge >= 0.3 is 0 Å². The smallest absolute Gasteiger partial charge is 0.242 e. The van der Waals surface area contributed by atoms with Crippen molar-refractivity contribution in [3.05, 3.63) is 24.3 Å². The first kappa shape index (κ1) is 14.4. The third kappa shape index (κ3) is 3.95. The molecule has 18 heavy (non-hydrogen) atoms. The van der Waals surface area contributed by atoms with Gasteiger partial charge in [-0.05, 0) is 32.9 Å². The van der Waals surface area contributed by atoms with Gasteiger partial charge < -0.3 is 15.5 Å². The fourth-order valence-electron chi connectivity index (χ4n) is 1.69. The van der Waals surface area contributed by atoms with Crippen molar-refractivity contribution in [2.45, 2.75) is 32.9 Å². The molecule has 4 nitrogen and oxygen atoms in total. The lowest BCUT2D eigenvalue weighted by molar-refractivity contribution is -0.122. The maximum Gasteiger partial charge on any atom is 0.242 e. The predicted octanol–water partition coefficient (Wildman–Crippen LogP) is 2.08. The van der Waals surface area contributed by atoms with Crippen LogP contribution in [0.1, 0.15) is 20.8 Å². The Morgan fingerprint density at radius 2 is 1.78 bits per heavy atom. The van der Waals surface area contributed by atoms with Gasteiger partial charge in [-0.2, -0.15) is 0 Å². The Labute approximate surface area is 109 Å². The lowest BCUT2D eigenvalue weighted by Crippen LogP contribution is -2.41. The molecule has 0 heterocycles. The number of hydrogen-bond donors (Lipinski definition) is 2. The zero-order valence-corrected chi connectivity index (χ0v) is 11.8. The quantitative estimate of drug-likeness (QED) is 0.839. The molecule has 0 fully saturated rings. The number of para-hydroxylation sites is 2. The monoisotopic (exact) mass is 249 g/mol. The summed E-state index contributed by atoms with van der Waals surface area (Å²) in [6.45, 7) is 5.78. The van der Waals surface area contributed by atoms with E-state index < -0.39 is 0 Å². The molecule has 0 aromatic heterocycles. The van der Waals surface area contributed by atoms with Crippen LogP contribution in [0.25, 0.3) is 0 Å². The fraction of sp³-hybridized carbons (Fsp3) is 0.500. The molecule has 1 amide bonds. The van der Waals surface area contributed by atoms with Gasteiger partial charge in [-0.15, -0.1) is 0 Å². The van der Waals surface area contributed by atoms with E-state index in [2.05, 4.69) is 10.6 Å². The minimum absolute atomic E-state index is 0.0126. The summed E-state index contributed by atoms with van der Waals surface area (Å²) in [5.41, 5.74) is 2.04. The lowest BCUT2D eigenvalue weighted by atomic mass is 10.2. The summed E-state index contributed by atoms with van der Waals surface area (Å²) in [5, 5.41) is 6.14. The number of carbonyl (C=O) groups excluding carboxylic acids is 1. The highest BCUT2D eigenvalue weighted by molar-refractivity contribution is 5.85. The van der Waals surface area contributed by atoms with Crippen LogP contribution < -0.4 is 15.5 Å². The van der Waals surface area contributed by atoms with Gasteiger partial charge in [0.15, 0.2) is 0 Å². The van der Waals surface area contributed by atoms with Gasteiger partial charge in [0.25, 0.3) is 0 Å². The van der Waals surface area contributed by atoms with Gasteiger partial charge in [-0.25, -0.2) is 0 Å². The Morgan fingerprint density at radius 3 is 2.33 bits per heavy atom. The first-order valence-corrected chi connectivity index (χ1v) is 6.25. The highest BCUT2D eigenvalue weighted by atomic mass is 16.2. The Kier molecular flexibility index (Phi) is 5.01. The van der Waals surface area contributed by atoms with Crippen LogP contribution in [0.15, 0.2) is 24.3 Å². The van der Waals surface area contributed by atoms with E-state index in [1.165, 1.54) is 0 Å². The highest BCUT2D eigenvalue weighted by Crippen LogP contribution is 2.24. The van der Waals surface area contributed by atoms with Crippen LogP contribution in [0.4, 0.5) is 11.4 Å². The number of rotatable bonds is 5. The van der Waals surface area contributed by atoms with Crippen LogP contribution in [0.2, 0.25) is 0 Å². The molecule has 0 spiro atoms. The van der Waals surface area contributed by atoms with Crippen LogP contribution in [0.5, 0.6) is 0 Å². The molecule has 1 aromatic carbocycles. The molecule has 2 N–H and O–H groups in total. The SMILES string of the molecule is CC(C)NC(=O)C(C)Nc1ccccc1N(C)C. The largest absolute Gasteiger partial charge is 0.376 e. The van der Waals surface area contributed by atoms with Gasteiger partial charge in [0.2, 0.25) is 5.91 Å². The molecule has 0 radical (unpaired) electrons. The number of nitrogens with zero attached hydrogens (tertiary/aromatic N) is 1. The molecule has 0 aliphatic carbocycles. The van der Waals surface area contributed by atoms with Crippen molar-refractivity contribution in [2.75, 3.05) is 24.3 Å². The van der Waals surface area contributed by atoms with Crippen LogP contribution in [-0.4, -0.2) is 32.1 Å². The number of carbonyl (C=O) groups is 1. The predicted molar refractivity (Wildman–Crippen MR) is 77.1 cm³/mol. The van der Waals surface area contributed by atoms with E-state index in [0.29, 0.717) is 0 Å². The minimum Gasteiger partial charge on any atom is -0.376 e. The van der Waals surface area contributed by atoms with E-state index in [4.69, 9.17) is 0 Å². The van der Waals surface area contributed by atoms with E-state index in [0.717, 1.165) is 11.4 Å². The fourth-order valence-corrected chi connectivity index (χ4v) is 1.69. The number of benzene rings is 1. The zero-order chi connectivity index (χ0) is 13.7. The van der Waals surface area contributed by atoms with Crippen molar-refractivity contribution >= 4 is 17.3 Å². The van der Waals surface area contributed by atoms with Crippen LogP contribution >= 0.6 is 0 Å². The third-order valence-corrected chi connectivity index (χ3v) is 2.58. The molecule has 0 bridgehead atoms. The average Bonchev–Trinajstić information content (AvgIpc) is 2.28. The van der Waals surface area contributed by atoms with Crippen molar-refractivity contribution in [3.8, 4) is 0 Å². The molecule has 1 rings (SSSR count). The van der Waals surface area contributed by atoms with Gasteiger partial charge in [0.05, 0.1) is 11.4 Å². The average molecular weight is 249 g/mol. The van der Waals surface area contributed by atoms with Crippen molar-refractivity contribution < 1.29 is 4.79 Å². The second kappa shape index (κ2) is 6.28. The molecule has 1 atom stereocenters. The number of hydrogen-bond acceptors (Lipinski definition) is 3. The van der Waals surface area contributed by atoms with Crippen LogP contribution in [0, 0.1) is 0 Å². The third-order valence-electron chi connectivity index (χ3n) is 2.58. The van der Waals surface area contributed by atoms with Gasteiger partial charge in [0, 0.05) is 20.1 Å². The second-order valence-electron chi connectivity index (χ2n) is 4.94. The second-order valence-corrected chi connectivity index (χ2v) is 4.94.